The maximum atomic E-state index is 13.1. The van der Waals surface area contributed by atoms with Crippen LogP contribution in [-0.4, -0.2) is 141 Å². The maximum absolute atomic E-state index is 13.1. The van der Waals surface area contributed by atoms with Gasteiger partial charge in [0.1, 0.15) is 11.4 Å². The van der Waals surface area contributed by atoms with E-state index in [9.17, 15) is 32.3 Å². The molecule has 14 nitrogen and oxygen atoms in total. The van der Waals surface area contributed by atoms with Crippen molar-refractivity contribution >= 4 is 52.5 Å². The van der Waals surface area contributed by atoms with E-state index in [0.29, 0.717) is 30.9 Å². The van der Waals surface area contributed by atoms with Crippen molar-refractivity contribution < 1.29 is 37.1 Å². The summed E-state index contributed by atoms with van der Waals surface area (Å²) in [5.74, 6) is -0.326. The summed E-state index contributed by atoms with van der Waals surface area (Å²) in [7, 11) is 0. The van der Waals surface area contributed by atoms with E-state index in [1.54, 1.807) is 23.2 Å². The quantitative estimate of drug-likeness (QED) is 0.167. The first-order chi connectivity index (χ1) is 31.5. The molecule has 0 saturated carbocycles. The minimum atomic E-state index is -4.43. The summed E-state index contributed by atoms with van der Waals surface area (Å²) in [6, 6.07) is 12.9. The molecule has 2 aromatic heterocycles. The van der Waals surface area contributed by atoms with Gasteiger partial charge < -0.3 is 19.4 Å². The van der Waals surface area contributed by atoms with Crippen LogP contribution in [0.5, 0.6) is 0 Å². The van der Waals surface area contributed by atoms with Crippen molar-refractivity contribution in [3.05, 3.63) is 99.0 Å². The lowest BCUT2D eigenvalue weighted by Gasteiger charge is -2.39. The standard InChI is InChI=1S/C25H32ClN5O3.C22H24ClF3N4O2/c1-19(32)23-4-8-31(27-23)24(33)30-10-6-25(7-11-30)5-9-28(18-25)17-20-2-3-21(16-22(20)26)29-12-14-34-15-13-29;1-15(31)19-2-6-30(27-19)20(32)29-8-4-21(5-9-29)3-7-28(14-21)13-16-10-17(22(24,25)26)12-18(23)11-16/h2-4,8,16H,5-7,9-15,17-18H2,1H3;2,6,10-12H,3-5,7-9,13-14H2,1H3. The fourth-order valence-electron chi connectivity index (χ4n) is 10.1. The van der Waals surface area contributed by atoms with Crippen LogP contribution in [0.25, 0.3) is 0 Å². The Hall–Kier alpha value is -4.81. The number of anilines is 1. The van der Waals surface area contributed by atoms with Crippen molar-refractivity contribution in [3.63, 3.8) is 0 Å². The Morgan fingerprint density at radius 2 is 1.15 bits per heavy atom. The lowest BCUT2D eigenvalue weighted by Crippen LogP contribution is -2.45. The van der Waals surface area contributed by atoms with Gasteiger partial charge in [0.2, 0.25) is 0 Å². The van der Waals surface area contributed by atoms with E-state index in [2.05, 4.69) is 43.1 Å². The summed E-state index contributed by atoms with van der Waals surface area (Å²) in [6.07, 6.45) is 4.35. The summed E-state index contributed by atoms with van der Waals surface area (Å²) in [6.45, 7) is 13.7. The van der Waals surface area contributed by atoms with Gasteiger partial charge in [-0.2, -0.15) is 32.7 Å². The number of benzene rings is 2. The predicted molar refractivity (Wildman–Crippen MR) is 243 cm³/mol. The maximum Gasteiger partial charge on any atom is 0.416 e. The Morgan fingerprint density at radius 1 is 0.652 bits per heavy atom. The molecule has 2 spiro atoms. The average Bonchev–Trinajstić information content (AvgIpc) is 4.13. The van der Waals surface area contributed by atoms with Gasteiger partial charge >= 0.3 is 18.2 Å². The number of ketones is 2. The number of hydrogen-bond donors (Lipinski definition) is 0. The van der Waals surface area contributed by atoms with Gasteiger partial charge in [0.15, 0.2) is 11.6 Å². The number of nitrogens with zero attached hydrogens (tertiary/aromatic N) is 9. The van der Waals surface area contributed by atoms with Crippen molar-refractivity contribution in [3.8, 4) is 0 Å². The van der Waals surface area contributed by atoms with Crippen LogP contribution >= 0.6 is 23.2 Å². The van der Waals surface area contributed by atoms with Crippen molar-refractivity contribution in [2.24, 2.45) is 10.8 Å². The molecule has 19 heteroatoms. The molecule has 5 aliphatic heterocycles. The Bertz CT molecular complexity index is 2420. The second-order valence-electron chi connectivity index (χ2n) is 18.6. The smallest absolute Gasteiger partial charge is 0.378 e. The molecule has 5 aliphatic rings. The number of alkyl halides is 3. The van der Waals surface area contributed by atoms with Gasteiger partial charge in [-0.3, -0.25) is 19.4 Å². The van der Waals surface area contributed by atoms with Crippen LogP contribution in [0.15, 0.2) is 60.9 Å². The van der Waals surface area contributed by atoms with Crippen molar-refractivity contribution in [2.45, 2.75) is 71.6 Å². The fraction of sp³-hybridized carbons (Fsp3) is 0.532. The van der Waals surface area contributed by atoms with Gasteiger partial charge in [0, 0.05) is 107 Å². The molecule has 0 aliphatic carbocycles. The number of piperidine rings is 2. The van der Waals surface area contributed by atoms with Crippen LogP contribution in [0, 0.1) is 10.8 Å². The highest BCUT2D eigenvalue weighted by molar-refractivity contribution is 6.31. The minimum absolute atomic E-state index is 0.0525. The highest BCUT2D eigenvalue weighted by Gasteiger charge is 2.43. The molecule has 354 valence electrons. The van der Waals surface area contributed by atoms with Gasteiger partial charge in [0.05, 0.1) is 18.8 Å². The van der Waals surface area contributed by atoms with E-state index in [0.717, 1.165) is 128 Å². The number of carbonyl (C=O) groups excluding carboxylic acids is 4. The lowest BCUT2D eigenvalue weighted by molar-refractivity contribution is -0.137. The first-order valence-corrected chi connectivity index (χ1v) is 23.4. The SMILES string of the molecule is CC(=O)c1ccn(C(=O)N2CCC3(CCN(Cc4cc(Cl)cc(C(F)(F)F)c4)C3)CC2)n1.CC(=O)c1ccn(C(=O)N2CCC3(CCN(Cc4ccc(N5CCOCC5)cc4Cl)C3)CC2)n1. The molecule has 5 fully saturated rings. The summed E-state index contributed by atoms with van der Waals surface area (Å²) in [5, 5.41) is 9.08. The number of amides is 2. The number of rotatable bonds is 7. The zero-order chi connectivity index (χ0) is 46.8. The third-order valence-electron chi connectivity index (χ3n) is 14.0. The van der Waals surface area contributed by atoms with Gasteiger partial charge in [-0.05, 0) is 116 Å². The van der Waals surface area contributed by atoms with Crippen LogP contribution < -0.4 is 4.90 Å². The van der Waals surface area contributed by atoms with E-state index >= 15 is 0 Å². The Morgan fingerprint density at radius 3 is 1.62 bits per heavy atom. The number of carbonyl (C=O) groups is 4. The van der Waals surface area contributed by atoms with Gasteiger partial charge in [-0.25, -0.2) is 9.59 Å². The van der Waals surface area contributed by atoms with Gasteiger partial charge in [0.25, 0.3) is 0 Å². The number of likely N-dealkylation sites (tertiary alicyclic amines) is 4. The Balaban J connectivity index is 0.000000180. The predicted octanol–water partition coefficient (Wildman–Crippen LogP) is 8.25. The molecule has 0 atom stereocenters. The number of aromatic nitrogens is 4. The fourth-order valence-corrected chi connectivity index (χ4v) is 10.6. The minimum Gasteiger partial charge on any atom is -0.378 e. The van der Waals surface area contributed by atoms with Crippen LogP contribution in [0.4, 0.5) is 28.4 Å². The number of morpholine rings is 1. The average molecular weight is 955 g/mol. The molecule has 5 saturated heterocycles. The number of hydrogen-bond acceptors (Lipinski definition) is 10. The molecule has 2 aromatic carbocycles. The van der Waals surface area contributed by atoms with Crippen molar-refractivity contribution in [2.75, 3.05) is 83.6 Å². The molecule has 4 aromatic rings. The molecule has 0 radical (unpaired) electrons. The zero-order valence-electron chi connectivity index (χ0n) is 37.4. The zero-order valence-corrected chi connectivity index (χ0v) is 38.9. The van der Waals surface area contributed by atoms with Crippen LogP contribution in [0.3, 0.4) is 0 Å². The van der Waals surface area contributed by atoms with E-state index < -0.39 is 11.7 Å². The number of Topliss-reactive ketones (excluding diaryl/α,β-unsaturated/α-hetero) is 2. The molecule has 0 unspecified atom stereocenters. The molecule has 7 heterocycles. The van der Waals surface area contributed by atoms with Gasteiger partial charge in [-0.15, -0.1) is 0 Å². The second-order valence-corrected chi connectivity index (χ2v) is 19.4. The van der Waals surface area contributed by atoms with Crippen LogP contribution in [-0.2, 0) is 24.0 Å². The van der Waals surface area contributed by atoms with E-state index in [1.807, 2.05) is 4.90 Å². The first-order valence-electron chi connectivity index (χ1n) is 22.6. The van der Waals surface area contributed by atoms with Crippen molar-refractivity contribution in [1.82, 2.24) is 39.2 Å². The lowest BCUT2D eigenvalue weighted by atomic mass is 9.78. The molecular weight excluding hydrogens is 898 g/mol. The van der Waals surface area contributed by atoms with Crippen LogP contribution in [0.1, 0.15) is 90.0 Å². The van der Waals surface area contributed by atoms with E-state index in [1.165, 1.54) is 46.7 Å². The molecule has 2 amide bonds. The van der Waals surface area contributed by atoms with Crippen LogP contribution in [0.2, 0.25) is 10.0 Å². The molecular formula is C47H56Cl2F3N9O5. The first kappa shape index (κ1) is 47.7. The van der Waals surface area contributed by atoms with E-state index in [-0.39, 0.29) is 45.2 Å². The summed E-state index contributed by atoms with van der Waals surface area (Å²) < 4.78 is 47.2. The molecule has 0 bridgehead atoms. The van der Waals surface area contributed by atoms with E-state index in [4.69, 9.17) is 27.9 Å². The highest BCUT2D eigenvalue weighted by atomic mass is 35.5. The topological polar surface area (TPSA) is 129 Å². The Kier molecular flexibility index (Phi) is 14.3. The Labute approximate surface area is 392 Å². The summed E-state index contributed by atoms with van der Waals surface area (Å²) in [5.41, 5.74) is 3.05. The summed E-state index contributed by atoms with van der Waals surface area (Å²) >= 11 is 12.6. The number of ether oxygens (including phenoxy) is 1. The molecule has 66 heavy (non-hydrogen) atoms. The highest BCUT2D eigenvalue weighted by Crippen LogP contribution is 2.43. The summed E-state index contributed by atoms with van der Waals surface area (Å²) in [4.78, 5) is 59.0. The second kappa shape index (κ2) is 19.8. The molecule has 9 rings (SSSR count). The third kappa shape index (κ3) is 11.1. The van der Waals surface area contributed by atoms with Gasteiger partial charge in [-0.1, -0.05) is 29.3 Å². The monoisotopic (exact) mass is 953 g/mol. The molecule has 0 N–H and O–H groups in total. The number of halogens is 5. The third-order valence-corrected chi connectivity index (χ3v) is 14.6. The van der Waals surface area contributed by atoms with Crippen molar-refractivity contribution in [1.29, 1.82) is 0 Å². The normalized spacial score (nSPS) is 19.9. The largest absolute Gasteiger partial charge is 0.416 e.